The van der Waals surface area contributed by atoms with Gasteiger partial charge in [-0.15, -0.1) is 0 Å². The van der Waals surface area contributed by atoms with Gasteiger partial charge in [-0.3, -0.25) is 0 Å². The highest BCUT2D eigenvalue weighted by atomic mass is 35.5. The lowest BCUT2D eigenvalue weighted by atomic mass is 9.94. The minimum absolute atomic E-state index is 0.409. The predicted octanol–water partition coefficient (Wildman–Crippen LogP) is 4.69. The Morgan fingerprint density at radius 3 is 2.33 bits per heavy atom. The van der Waals surface area contributed by atoms with Gasteiger partial charge in [-0.1, -0.05) is 48.9 Å². The Hall–Kier alpha value is -1.47. The van der Waals surface area contributed by atoms with Crippen molar-refractivity contribution in [1.82, 2.24) is 0 Å². The summed E-state index contributed by atoms with van der Waals surface area (Å²) in [6.45, 7) is 2.20. The van der Waals surface area contributed by atoms with Gasteiger partial charge in [-0.05, 0) is 41.7 Å². The van der Waals surface area contributed by atoms with Gasteiger partial charge >= 0.3 is 0 Å². The molecule has 2 aromatic carbocycles. The monoisotopic (exact) mass is 260 g/mol. The fraction of sp³-hybridized carbons (Fsp3) is 0.250. The van der Waals surface area contributed by atoms with E-state index in [1.165, 1.54) is 11.1 Å². The largest absolute Gasteiger partial charge is 0.497 e. The van der Waals surface area contributed by atoms with E-state index in [1.54, 1.807) is 7.11 Å². The summed E-state index contributed by atoms with van der Waals surface area (Å²) in [6.07, 6.45) is 0.980. The van der Waals surface area contributed by atoms with Crippen molar-refractivity contribution in [2.45, 2.75) is 19.3 Å². The molecule has 0 amide bonds. The third-order valence-corrected chi connectivity index (χ3v) is 3.48. The topological polar surface area (TPSA) is 9.23 Å². The van der Waals surface area contributed by atoms with Crippen molar-refractivity contribution in [3.8, 4) is 5.75 Å². The summed E-state index contributed by atoms with van der Waals surface area (Å²) in [6, 6.07) is 16.2. The Balaban J connectivity index is 2.11. The molecule has 1 unspecified atom stereocenters. The zero-order valence-electron chi connectivity index (χ0n) is 10.7. The van der Waals surface area contributed by atoms with E-state index in [4.69, 9.17) is 16.3 Å². The van der Waals surface area contributed by atoms with Gasteiger partial charge < -0.3 is 4.74 Å². The fourth-order valence-electron chi connectivity index (χ4n) is 2.10. The first-order valence-electron chi connectivity index (χ1n) is 6.08. The Labute approximate surface area is 113 Å². The Morgan fingerprint density at radius 2 is 1.72 bits per heavy atom. The molecule has 2 aromatic rings. The number of ether oxygens (including phenoxy) is 1. The van der Waals surface area contributed by atoms with E-state index in [0.29, 0.717) is 5.92 Å². The highest BCUT2D eigenvalue weighted by Crippen LogP contribution is 2.27. The van der Waals surface area contributed by atoms with Gasteiger partial charge in [0.1, 0.15) is 5.75 Å². The third kappa shape index (κ3) is 3.05. The molecule has 0 N–H and O–H groups in total. The maximum atomic E-state index is 6.21. The highest BCUT2D eigenvalue weighted by molar-refractivity contribution is 6.31. The van der Waals surface area contributed by atoms with Crippen molar-refractivity contribution in [3.05, 3.63) is 64.7 Å². The van der Waals surface area contributed by atoms with Gasteiger partial charge in [0.15, 0.2) is 0 Å². The summed E-state index contributed by atoms with van der Waals surface area (Å²) >= 11 is 6.21. The van der Waals surface area contributed by atoms with Gasteiger partial charge in [0.05, 0.1) is 7.11 Å². The van der Waals surface area contributed by atoms with Crippen LogP contribution in [0.5, 0.6) is 5.75 Å². The number of hydrogen-bond donors (Lipinski definition) is 0. The second-order valence-electron chi connectivity index (χ2n) is 4.47. The first-order chi connectivity index (χ1) is 8.70. The molecule has 0 spiro atoms. The molecule has 2 rings (SSSR count). The molecule has 0 aliphatic carbocycles. The molecule has 0 aliphatic rings. The van der Waals surface area contributed by atoms with Crippen molar-refractivity contribution < 1.29 is 4.74 Å². The molecular weight excluding hydrogens is 244 g/mol. The Morgan fingerprint density at radius 1 is 1.06 bits per heavy atom. The molecule has 18 heavy (non-hydrogen) atoms. The van der Waals surface area contributed by atoms with Crippen molar-refractivity contribution in [2.24, 2.45) is 0 Å². The molecule has 0 heterocycles. The number of halogens is 1. The van der Waals surface area contributed by atoms with E-state index in [2.05, 4.69) is 25.1 Å². The summed E-state index contributed by atoms with van der Waals surface area (Å²) < 4.78 is 5.16. The molecule has 0 aromatic heterocycles. The molecule has 2 heteroatoms. The van der Waals surface area contributed by atoms with Crippen molar-refractivity contribution in [1.29, 1.82) is 0 Å². The van der Waals surface area contributed by atoms with Crippen LogP contribution in [-0.4, -0.2) is 7.11 Å². The molecule has 0 saturated heterocycles. The number of benzene rings is 2. The van der Waals surface area contributed by atoms with Crippen LogP contribution in [-0.2, 0) is 6.42 Å². The van der Waals surface area contributed by atoms with E-state index < -0.39 is 0 Å². The zero-order chi connectivity index (χ0) is 13.0. The summed E-state index contributed by atoms with van der Waals surface area (Å²) in [5, 5.41) is 0.846. The van der Waals surface area contributed by atoms with Crippen molar-refractivity contribution >= 4 is 11.6 Å². The smallest absolute Gasteiger partial charge is 0.118 e. The van der Waals surface area contributed by atoms with Crippen LogP contribution in [0.1, 0.15) is 24.0 Å². The zero-order valence-corrected chi connectivity index (χ0v) is 11.4. The summed E-state index contributed by atoms with van der Waals surface area (Å²) in [7, 11) is 1.68. The standard InChI is InChI=1S/C16H17ClO/c1-12(15-5-3-4-6-16(15)17)11-13-7-9-14(18-2)10-8-13/h3-10,12H,11H2,1-2H3. The molecule has 94 valence electrons. The summed E-state index contributed by atoms with van der Waals surface area (Å²) in [4.78, 5) is 0. The van der Waals surface area contributed by atoms with Crippen LogP contribution >= 0.6 is 11.6 Å². The van der Waals surface area contributed by atoms with E-state index >= 15 is 0 Å². The second kappa shape index (κ2) is 5.92. The molecule has 1 atom stereocenters. The molecule has 0 radical (unpaired) electrons. The molecule has 0 aliphatic heterocycles. The SMILES string of the molecule is COc1ccc(CC(C)c2ccccc2Cl)cc1. The van der Waals surface area contributed by atoms with Crippen LogP contribution in [0.3, 0.4) is 0 Å². The lowest BCUT2D eigenvalue weighted by molar-refractivity contribution is 0.414. The Kier molecular flexibility index (Phi) is 4.27. The molecular formula is C16H17ClO. The average Bonchev–Trinajstić information content (AvgIpc) is 2.40. The van der Waals surface area contributed by atoms with Crippen LogP contribution < -0.4 is 4.74 Å². The first-order valence-corrected chi connectivity index (χ1v) is 6.46. The number of rotatable bonds is 4. The van der Waals surface area contributed by atoms with Crippen LogP contribution in [0.25, 0.3) is 0 Å². The van der Waals surface area contributed by atoms with Crippen LogP contribution in [0.15, 0.2) is 48.5 Å². The van der Waals surface area contributed by atoms with Gasteiger partial charge in [0, 0.05) is 5.02 Å². The second-order valence-corrected chi connectivity index (χ2v) is 4.88. The maximum Gasteiger partial charge on any atom is 0.118 e. The van der Waals surface area contributed by atoms with Gasteiger partial charge in [0.25, 0.3) is 0 Å². The summed E-state index contributed by atoms with van der Waals surface area (Å²) in [5.41, 5.74) is 2.50. The lowest BCUT2D eigenvalue weighted by Gasteiger charge is -2.13. The third-order valence-electron chi connectivity index (χ3n) is 3.14. The number of hydrogen-bond acceptors (Lipinski definition) is 1. The minimum Gasteiger partial charge on any atom is -0.497 e. The van der Waals surface area contributed by atoms with E-state index in [-0.39, 0.29) is 0 Å². The van der Waals surface area contributed by atoms with Crippen LogP contribution in [0.4, 0.5) is 0 Å². The van der Waals surface area contributed by atoms with E-state index in [9.17, 15) is 0 Å². The lowest BCUT2D eigenvalue weighted by Crippen LogP contribution is -1.99. The van der Waals surface area contributed by atoms with Gasteiger partial charge in [0.2, 0.25) is 0 Å². The number of methoxy groups -OCH3 is 1. The van der Waals surface area contributed by atoms with E-state index in [1.807, 2.05) is 30.3 Å². The van der Waals surface area contributed by atoms with Gasteiger partial charge in [-0.25, -0.2) is 0 Å². The van der Waals surface area contributed by atoms with Crippen LogP contribution in [0.2, 0.25) is 5.02 Å². The van der Waals surface area contributed by atoms with Crippen LogP contribution in [0, 0.1) is 0 Å². The molecule has 0 fully saturated rings. The molecule has 0 bridgehead atoms. The first kappa shape index (κ1) is 13.0. The average molecular weight is 261 g/mol. The minimum atomic E-state index is 0.409. The summed E-state index contributed by atoms with van der Waals surface area (Å²) in [5.74, 6) is 1.30. The van der Waals surface area contributed by atoms with E-state index in [0.717, 1.165) is 17.2 Å². The predicted molar refractivity (Wildman–Crippen MR) is 76.6 cm³/mol. The fourth-order valence-corrected chi connectivity index (χ4v) is 2.42. The normalized spacial score (nSPS) is 12.2. The molecule has 0 saturated carbocycles. The quantitative estimate of drug-likeness (QED) is 0.775. The van der Waals surface area contributed by atoms with Crippen molar-refractivity contribution in [3.63, 3.8) is 0 Å². The Bertz CT molecular complexity index is 505. The maximum absolute atomic E-state index is 6.21. The van der Waals surface area contributed by atoms with Crippen molar-refractivity contribution in [2.75, 3.05) is 7.11 Å². The molecule has 1 nitrogen and oxygen atoms in total. The van der Waals surface area contributed by atoms with Gasteiger partial charge in [-0.2, -0.15) is 0 Å². The highest BCUT2D eigenvalue weighted by Gasteiger charge is 2.09.